The Morgan fingerprint density at radius 1 is 0.718 bits per heavy atom. The number of nitrogens with zero attached hydrogens (tertiary/aromatic N) is 2. The van der Waals surface area contributed by atoms with Crippen LogP contribution in [0.1, 0.15) is 38.8 Å². The zero-order chi connectivity index (χ0) is 27.4. The lowest BCUT2D eigenvalue weighted by Crippen LogP contribution is -2.23. The van der Waals surface area contributed by atoms with Crippen LogP contribution in [0.4, 0.5) is 0 Å². The van der Waals surface area contributed by atoms with Gasteiger partial charge < -0.3 is 18.9 Å². The number of esters is 2. The molecule has 0 bridgehead atoms. The van der Waals surface area contributed by atoms with Crippen molar-refractivity contribution in [3.05, 3.63) is 107 Å². The van der Waals surface area contributed by atoms with Crippen molar-refractivity contribution in [2.75, 3.05) is 6.61 Å². The van der Waals surface area contributed by atoms with Gasteiger partial charge in [0.2, 0.25) is 0 Å². The average molecular weight is 517 g/mol. The molecule has 8 nitrogen and oxygen atoms in total. The number of hydrogen-bond acceptors (Lipinski definition) is 8. The molecule has 0 radical (unpaired) electrons. The quantitative estimate of drug-likeness (QED) is 0.251. The molecule has 0 saturated heterocycles. The molecule has 1 aliphatic heterocycles. The van der Waals surface area contributed by atoms with E-state index < -0.39 is 11.9 Å². The van der Waals surface area contributed by atoms with Crippen LogP contribution in [-0.4, -0.2) is 24.6 Å². The smallest absolute Gasteiger partial charge is 0.343 e. The summed E-state index contributed by atoms with van der Waals surface area (Å²) in [5.41, 5.74) is 2.94. The van der Waals surface area contributed by atoms with Gasteiger partial charge in [-0.2, -0.15) is 10.5 Å². The lowest BCUT2D eigenvalue weighted by molar-refractivity contribution is 0.0723. The van der Waals surface area contributed by atoms with Crippen molar-refractivity contribution in [3.8, 4) is 46.3 Å². The Morgan fingerprint density at radius 2 is 1.18 bits per heavy atom. The highest BCUT2D eigenvalue weighted by atomic mass is 16.6. The normalized spacial score (nSPS) is 13.5. The maximum atomic E-state index is 12.6. The summed E-state index contributed by atoms with van der Waals surface area (Å²) in [4.78, 5) is 25.2. The molecule has 4 aromatic rings. The molecule has 0 saturated carbocycles. The predicted molar refractivity (Wildman–Crippen MR) is 140 cm³/mol. The summed E-state index contributed by atoms with van der Waals surface area (Å²) >= 11 is 0. The number of rotatable bonds is 4. The van der Waals surface area contributed by atoms with Crippen molar-refractivity contribution in [1.82, 2.24) is 0 Å². The summed E-state index contributed by atoms with van der Waals surface area (Å²) in [5.74, 6) is 0.475. The molecule has 39 heavy (non-hydrogen) atoms. The standard InChI is InChI=1S/C31H20N2O6/c1-19-18-36-28-14-24(38-30(34)22-6-2-20(16-32)3-7-22)10-12-26(28)27-13-11-25(15-29(27)37-19)39-31(35)23-8-4-21(17-33)5-9-23/h2-15,19H,18H2,1H3/t19-/m1/s1. The van der Waals surface area contributed by atoms with Crippen molar-refractivity contribution >= 4 is 11.9 Å². The van der Waals surface area contributed by atoms with Gasteiger partial charge in [-0.15, -0.1) is 0 Å². The Balaban J connectivity index is 1.39. The molecular weight excluding hydrogens is 496 g/mol. The van der Waals surface area contributed by atoms with Crippen LogP contribution in [0.15, 0.2) is 84.9 Å². The van der Waals surface area contributed by atoms with E-state index in [1.807, 2.05) is 19.1 Å². The summed E-state index contributed by atoms with van der Waals surface area (Å²) in [6, 6.07) is 26.5. The maximum Gasteiger partial charge on any atom is 0.343 e. The molecule has 0 aliphatic carbocycles. The highest BCUT2D eigenvalue weighted by Crippen LogP contribution is 2.42. The molecule has 0 fully saturated rings. The van der Waals surface area contributed by atoms with E-state index in [9.17, 15) is 9.59 Å². The first-order chi connectivity index (χ1) is 18.9. The molecule has 0 unspecified atom stereocenters. The monoisotopic (exact) mass is 516 g/mol. The number of carbonyl (C=O) groups is 2. The van der Waals surface area contributed by atoms with Gasteiger partial charge in [0, 0.05) is 23.3 Å². The third kappa shape index (κ3) is 5.56. The van der Waals surface area contributed by atoms with Gasteiger partial charge in [0.25, 0.3) is 0 Å². The molecule has 5 rings (SSSR count). The fourth-order valence-corrected chi connectivity index (χ4v) is 3.95. The second-order valence-corrected chi connectivity index (χ2v) is 8.71. The van der Waals surface area contributed by atoms with Crippen LogP contribution < -0.4 is 18.9 Å². The number of hydrogen-bond donors (Lipinski definition) is 0. The van der Waals surface area contributed by atoms with Crippen LogP contribution in [-0.2, 0) is 0 Å². The number of nitriles is 2. The van der Waals surface area contributed by atoms with E-state index in [1.54, 1.807) is 60.7 Å². The molecule has 4 aromatic carbocycles. The fourth-order valence-electron chi connectivity index (χ4n) is 3.95. The number of benzene rings is 4. The minimum Gasteiger partial charge on any atom is -0.489 e. The second kappa shape index (κ2) is 10.8. The van der Waals surface area contributed by atoms with Gasteiger partial charge in [-0.25, -0.2) is 9.59 Å². The number of ether oxygens (including phenoxy) is 4. The highest BCUT2D eigenvalue weighted by molar-refractivity contribution is 5.92. The highest BCUT2D eigenvalue weighted by Gasteiger charge is 2.21. The van der Waals surface area contributed by atoms with Crippen molar-refractivity contribution in [2.45, 2.75) is 13.0 Å². The number of fused-ring (bicyclic) bond motifs is 3. The third-order valence-electron chi connectivity index (χ3n) is 5.92. The minimum absolute atomic E-state index is 0.231. The van der Waals surface area contributed by atoms with Crippen molar-refractivity contribution in [3.63, 3.8) is 0 Å². The SMILES string of the molecule is C[C@@H]1COc2cc(OC(=O)c3ccc(C#N)cc3)ccc2-c2ccc(OC(=O)c3ccc(C#N)cc3)cc2O1. The maximum absolute atomic E-state index is 12.6. The Bertz CT molecular complexity index is 1650. The van der Waals surface area contributed by atoms with E-state index in [0.717, 1.165) is 0 Å². The average Bonchev–Trinajstić information content (AvgIpc) is 2.96. The zero-order valence-corrected chi connectivity index (χ0v) is 20.7. The lowest BCUT2D eigenvalue weighted by Gasteiger charge is -2.24. The molecular formula is C31H20N2O6. The van der Waals surface area contributed by atoms with Gasteiger partial charge in [-0.05, 0) is 79.7 Å². The van der Waals surface area contributed by atoms with Gasteiger partial charge >= 0.3 is 11.9 Å². The van der Waals surface area contributed by atoms with E-state index in [1.165, 1.54) is 24.3 Å². The summed E-state index contributed by atoms with van der Waals surface area (Å²) in [5, 5.41) is 17.9. The lowest BCUT2D eigenvalue weighted by atomic mass is 10.0. The van der Waals surface area contributed by atoms with Crippen LogP contribution in [0.25, 0.3) is 11.1 Å². The Kier molecular flexibility index (Phi) is 6.94. The zero-order valence-electron chi connectivity index (χ0n) is 20.7. The molecule has 8 heteroatoms. The third-order valence-corrected chi connectivity index (χ3v) is 5.92. The fraction of sp³-hybridized carbons (Fsp3) is 0.0968. The van der Waals surface area contributed by atoms with Gasteiger partial charge in [-0.1, -0.05) is 0 Å². The van der Waals surface area contributed by atoms with E-state index in [4.69, 9.17) is 29.5 Å². The van der Waals surface area contributed by atoms with Crippen LogP contribution in [0.3, 0.4) is 0 Å². The Morgan fingerprint density at radius 3 is 1.67 bits per heavy atom. The van der Waals surface area contributed by atoms with Gasteiger partial charge in [0.1, 0.15) is 35.7 Å². The predicted octanol–water partition coefficient (Wildman–Crippen LogP) is 5.70. The minimum atomic E-state index is -0.559. The molecule has 1 heterocycles. The van der Waals surface area contributed by atoms with Gasteiger partial charge in [0.15, 0.2) is 0 Å². The van der Waals surface area contributed by atoms with E-state index in [0.29, 0.717) is 56.4 Å². The second-order valence-electron chi connectivity index (χ2n) is 8.71. The van der Waals surface area contributed by atoms with E-state index >= 15 is 0 Å². The molecule has 0 spiro atoms. The first kappa shape index (κ1) is 25.1. The summed E-state index contributed by atoms with van der Waals surface area (Å²) in [6.07, 6.45) is -0.328. The van der Waals surface area contributed by atoms with Crippen LogP contribution in [0, 0.1) is 22.7 Å². The topological polar surface area (TPSA) is 119 Å². The van der Waals surface area contributed by atoms with Crippen molar-refractivity contribution in [2.24, 2.45) is 0 Å². The molecule has 1 aliphatic rings. The first-order valence-electron chi connectivity index (χ1n) is 12.0. The van der Waals surface area contributed by atoms with Gasteiger partial charge in [-0.3, -0.25) is 0 Å². The number of carbonyl (C=O) groups excluding carboxylic acids is 2. The molecule has 190 valence electrons. The van der Waals surface area contributed by atoms with Gasteiger partial charge in [0.05, 0.1) is 34.4 Å². The molecule has 1 atom stereocenters. The molecule has 0 N–H and O–H groups in total. The van der Waals surface area contributed by atoms with Crippen molar-refractivity contribution < 1.29 is 28.5 Å². The first-order valence-corrected chi connectivity index (χ1v) is 12.0. The van der Waals surface area contributed by atoms with Crippen LogP contribution in [0.2, 0.25) is 0 Å². The van der Waals surface area contributed by atoms with E-state index in [-0.39, 0.29) is 12.7 Å². The van der Waals surface area contributed by atoms with Crippen molar-refractivity contribution in [1.29, 1.82) is 10.5 Å². The Hall–Kier alpha value is -5.60. The summed E-state index contributed by atoms with van der Waals surface area (Å²) < 4.78 is 23.1. The largest absolute Gasteiger partial charge is 0.489 e. The molecule has 0 amide bonds. The summed E-state index contributed by atoms with van der Waals surface area (Å²) in [7, 11) is 0. The molecule has 0 aromatic heterocycles. The summed E-state index contributed by atoms with van der Waals surface area (Å²) in [6.45, 7) is 2.08. The van der Waals surface area contributed by atoms with E-state index in [2.05, 4.69) is 0 Å². The Labute approximate surface area is 224 Å². The van der Waals surface area contributed by atoms with Crippen LogP contribution >= 0.6 is 0 Å². The van der Waals surface area contributed by atoms with Crippen LogP contribution in [0.5, 0.6) is 23.0 Å².